The van der Waals surface area contributed by atoms with E-state index in [9.17, 15) is 4.79 Å². The molecule has 0 aliphatic heterocycles. The Hall–Kier alpha value is -2.88. The van der Waals surface area contributed by atoms with Crippen LogP contribution >= 0.6 is 0 Å². The van der Waals surface area contributed by atoms with Crippen molar-refractivity contribution < 1.29 is 14.6 Å². The highest BCUT2D eigenvalue weighted by atomic mass is 16.5. The number of carboxylic acids is 1. The van der Waals surface area contributed by atoms with Crippen molar-refractivity contribution in [1.29, 1.82) is 5.41 Å². The van der Waals surface area contributed by atoms with Gasteiger partial charge >= 0.3 is 5.97 Å². The fraction of sp³-hybridized carbons (Fsp3) is 0.238. The zero-order chi connectivity index (χ0) is 18.4. The fourth-order valence-electron chi connectivity index (χ4n) is 2.57. The molecule has 0 saturated heterocycles. The standard InChI is InChI=1S/C21H23NO3/c1-4-16(20(22)21(23)24)13-25-19-11-10-14(2)12-18(19)15(3)17-8-6-5-7-9-17/h5-12,16,22H,3-4,13H2,1-2H3,(H,23,24). The van der Waals surface area contributed by atoms with E-state index < -0.39 is 11.9 Å². The Bertz CT molecular complexity index is 781. The fourth-order valence-corrected chi connectivity index (χ4v) is 2.57. The SMILES string of the molecule is C=C(c1ccccc1)c1cc(C)ccc1OCC(CC)C(=N)C(=O)O. The van der Waals surface area contributed by atoms with E-state index in [-0.39, 0.29) is 12.3 Å². The zero-order valence-corrected chi connectivity index (χ0v) is 14.6. The number of carbonyl (C=O) groups is 1. The molecule has 25 heavy (non-hydrogen) atoms. The third kappa shape index (κ3) is 4.57. The molecule has 0 saturated carbocycles. The first-order valence-corrected chi connectivity index (χ1v) is 8.24. The normalized spacial score (nSPS) is 11.6. The van der Waals surface area contributed by atoms with Crippen LogP contribution in [0.15, 0.2) is 55.1 Å². The summed E-state index contributed by atoms with van der Waals surface area (Å²) < 4.78 is 5.89. The Morgan fingerprint density at radius 1 is 1.24 bits per heavy atom. The summed E-state index contributed by atoms with van der Waals surface area (Å²) in [7, 11) is 0. The molecule has 4 nitrogen and oxygen atoms in total. The zero-order valence-electron chi connectivity index (χ0n) is 14.6. The smallest absolute Gasteiger partial charge is 0.349 e. The maximum atomic E-state index is 11.0. The summed E-state index contributed by atoms with van der Waals surface area (Å²) >= 11 is 0. The van der Waals surface area contributed by atoms with Gasteiger partial charge in [0.25, 0.3) is 0 Å². The number of hydrogen-bond donors (Lipinski definition) is 2. The van der Waals surface area contributed by atoms with Gasteiger partial charge in [-0.1, -0.05) is 55.5 Å². The molecular weight excluding hydrogens is 314 g/mol. The van der Waals surface area contributed by atoms with Gasteiger partial charge in [0.1, 0.15) is 11.5 Å². The topological polar surface area (TPSA) is 70.4 Å². The molecule has 0 fully saturated rings. The number of aliphatic carboxylic acids is 1. The van der Waals surface area contributed by atoms with Gasteiger partial charge in [-0.15, -0.1) is 0 Å². The molecule has 2 aromatic rings. The molecule has 2 rings (SSSR count). The third-order valence-electron chi connectivity index (χ3n) is 4.15. The summed E-state index contributed by atoms with van der Waals surface area (Å²) in [6, 6.07) is 15.7. The minimum atomic E-state index is -1.20. The Kier molecular flexibility index (Phi) is 6.12. The number of rotatable bonds is 8. The molecule has 130 valence electrons. The molecule has 0 spiro atoms. The van der Waals surface area contributed by atoms with Crippen molar-refractivity contribution in [2.75, 3.05) is 6.61 Å². The van der Waals surface area contributed by atoms with Crippen LogP contribution in [0.25, 0.3) is 5.57 Å². The lowest BCUT2D eigenvalue weighted by Gasteiger charge is -2.18. The van der Waals surface area contributed by atoms with E-state index in [1.807, 2.05) is 62.4 Å². The van der Waals surface area contributed by atoms with Crippen LogP contribution in [0.5, 0.6) is 5.75 Å². The third-order valence-corrected chi connectivity index (χ3v) is 4.15. The Morgan fingerprint density at radius 3 is 2.52 bits per heavy atom. The minimum Gasteiger partial charge on any atom is -0.492 e. The second kappa shape index (κ2) is 8.29. The second-order valence-electron chi connectivity index (χ2n) is 5.98. The summed E-state index contributed by atoms with van der Waals surface area (Å²) in [6.07, 6.45) is 0.534. The highest BCUT2D eigenvalue weighted by molar-refractivity contribution is 6.35. The van der Waals surface area contributed by atoms with Gasteiger partial charge in [0, 0.05) is 11.5 Å². The molecule has 2 aromatic carbocycles. The first-order chi connectivity index (χ1) is 11.9. The maximum Gasteiger partial charge on any atom is 0.349 e. The van der Waals surface area contributed by atoms with Gasteiger partial charge in [-0.2, -0.15) is 0 Å². The number of hydrogen-bond acceptors (Lipinski definition) is 3. The largest absolute Gasteiger partial charge is 0.492 e. The molecule has 0 aromatic heterocycles. The molecule has 0 heterocycles. The maximum absolute atomic E-state index is 11.0. The Morgan fingerprint density at radius 2 is 1.92 bits per heavy atom. The summed E-state index contributed by atoms with van der Waals surface area (Å²) in [5, 5.41) is 16.7. The average Bonchev–Trinajstić information content (AvgIpc) is 2.63. The van der Waals surface area contributed by atoms with Crippen molar-refractivity contribution in [2.24, 2.45) is 5.92 Å². The van der Waals surface area contributed by atoms with Crippen LogP contribution in [-0.4, -0.2) is 23.4 Å². The monoisotopic (exact) mass is 337 g/mol. The lowest BCUT2D eigenvalue weighted by molar-refractivity contribution is -0.129. The second-order valence-corrected chi connectivity index (χ2v) is 5.98. The molecule has 0 aliphatic carbocycles. The number of carboxylic acid groups (broad SMARTS) is 1. The van der Waals surface area contributed by atoms with Crippen molar-refractivity contribution in [1.82, 2.24) is 0 Å². The van der Waals surface area contributed by atoms with E-state index in [1.165, 1.54) is 0 Å². The number of aryl methyl sites for hydroxylation is 1. The van der Waals surface area contributed by atoms with Crippen molar-refractivity contribution >= 4 is 17.3 Å². The minimum absolute atomic E-state index is 0.153. The Labute approximate surface area is 148 Å². The van der Waals surface area contributed by atoms with Gasteiger partial charge in [0.2, 0.25) is 0 Å². The predicted octanol–water partition coefficient (Wildman–Crippen LogP) is 4.57. The van der Waals surface area contributed by atoms with Crippen LogP contribution in [0.2, 0.25) is 0 Å². The molecule has 0 radical (unpaired) electrons. The van der Waals surface area contributed by atoms with Crippen LogP contribution in [0.3, 0.4) is 0 Å². The van der Waals surface area contributed by atoms with Crippen molar-refractivity contribution in [2.45, 2.75) is 20.3 Å². The van der Waals surface area contributed by atoms with Gasteiger partial charge in [-0.25, -0.2) is 4.79 Å². The van der Waals surface area contributed by atoms with Crippen LogP contribution in [0.4, 0.5) is 0 Å². The van der Waals surface area contributed by atoms with Gasteiger partial charge in [0.15, 0.2) is 0 Å². The number of nitrogens with one attached hydrogen (secondary N) is 1. The number of ether oxygens (including phenoxy) is 1. The molecule has 1 unspecified atom stereocenters. The molecule has 0 bridgehead atoms. The van der Waals surface area contributed by atoms with Crippen molar-refractivity contribution in [3.63, 3.8) is 0 Å². The number of benzene rings is 2. The molecule has 2 N–H and O–H groups in total. The summed E-state index contributed by atoms with van der Waals surface area (Å²) in [5.74, 6) is -0.999. The van der Waals surface area contributed by atoms with Gasteiger partial charge in [-0.05, 0) is 36.6 Å². The van der Waals surface area contributed by atoms with E-state index in [2.05, 4.69) is 6.58 Å². The van der Waals surface area contributed by atoms with Crippen molar-refractivity contribution in [3.05, 3.63) is 71.8 Å². The quantitative estimate of drug-likeness (QED) is 0.693. The van der Waals surface area contributed by atoms with E-state index in [4.69, 9.17) is 15.3 Å². The van der Waals surface area contributed by atoms with E-state index >= 15 is 0 Å². The van der Waals surface area contributed by atoms with Crippen LogP contribution in [-0.2, 0) is 4.79 Å². The van der Waals surface area contributed by atoms with Crippen LogP contribution in [0.1, 0.15) is 30.0 Å². The molecule has 4 heteroatoms. The van der Waals surface area contributed by atoms with E-state index in [0.29, 0.717) is 12.2 Å². The highest BCUT2D eigenvalue weighted by Crippen LogP contribution is 2.31. The Balaban J connectivity index is 2.25. The first kappa shape index (κ1) is 18.5. The lowest BCUT2D eigenvalue weighted by atomic mass is 9.97. The predicted molar refractivity (Wildman–Crippen MR) is 100 cm³/mol. The van der Waals surface area contributed by atoms with E-state index in [1.54, 1.807) is 0 Å². The summed E-state index contributed by atoms with van der Waals surface area (Å²) in [5.41, 5.74) is 3.50. The summed E-state index contributed by atoms with van der Waals surface area (Å²) in [4.78, 5) is 11.0. The first-order valence-electron chi connectivity index (χ1n) is 8.24. The van der Waals surface area contributed by atoms with Crippen molar-refractivity contribution in [3.8, 4) is 5.75 Å². The van der Waals surface area contributed by atoms with Crippen LogP contribution < -0.4 is 4.74 Å². The summed E-state index contributed by atoms with van der Waals surface area (Å²) in [6.45, 7) is 8.20. The molecule has 1 atom stereocenters. The van der Waals surface area contributed by atoms with Crippen LogP contribution in [0, 0.1) is 18.3 Å². The lowest BCUT2D eigenvalue weighted by Crippen LogP contribution is -2.27. The molecular formula is C21H23NO3. The van der Waals surface area contributed by atoms with E-state index in [0.717, 1.165) is 22.3 Å². The van der Waals surface area contributed by atoms with Gasteiger partial charge < -0.3 is 9.84 Å². The molecule has 0 amide bonds. The average molecular weight is 337 g/mol. The highest BCUT2D eigenvalue weighted by Gasteiger charge is 2.20. The van der Waals surface area contributed by atoms with Gasteiger partial charge in [0.05, 0.1) is 6.61 Å². The van der Waals surface area contributed by atoms with Gasteiger partial charge in [-0.3, -0.25) is 5.41 Å². The molecule has 0 aliphatic rings.